The molecule has 0 bridgehead atoms. The third-order valence-corrected chi connectivity index (χ3v) is 4.11. The van der Waals surface area contributed by atoms with E-state index < -0.39 is 0 Å². The monoisotopic (exact) mass is 202 g/mol. The van der Waals surface area contributed by atoms with Crippen molar-refractivity contribution in [1.29, 1.82) is 0 Å². The summed E-state index contributed by atoms with van der Waals surface area (Å²) in [6.45, 7) is 4.34. The van der Waals surface area contributed by atoms with Gasteiger partial charge in [-0.2, -0.15) is 0 Å². The number of hydrogen-bond donors (Lipinski definition) is 0. The molecule has 0 atom stereocenters. The van der Waals surface area contributed by atoms with Crippen LogP contribution >= 0.6 is 0 Å². The van der Waals surface area contributed by atoms with Crippen molar-refractivity contribution in [2.45, 2.75) is 52.4 Å². The van der Waals surface area contributed by atoms with Crippen molar-refractivity contribution < 1.29 is 0 Å². The Morgan fingerprint density at radius 3 is 2.47 bits per heavy atom. The van der Waals surface area contributed by atoms with Crippen molar-refractivity contribution in [2.24, 2.45) is 5.41 Å². The first kappa shape index (κ1) is 10.7. The number of allylic oxidation sites excluding steroid dienone is 6. The molecule has 0 saturated heterocycles. The van der Waals surface area contributed by atoms with Crippen LogP contribution in [-0.4, -0.2) is 0 Å². The Hall–Kier alpha value is -0.780. The Bertz CT molecular complexity index is 309. The maximum Gasteiger partial charge on any atom is 0.0161 e. The molecule has 0 radical (unpaired) electrons. The quantitative estimate of drug-likeness (QED) is 0.536. The van der Waals surface area contributed by atoms with Crippen molar-refractivity contribution in [3.63, 3.8) is 0 Å². The van der Waals surface area contributed by atoms with E-state index in [1.54, 1.807) is 11.1 Å². The second-order valence-corrected chi connectivity index (χ2v) is 4.82. The van der Waals surface area contributed by atoms with Crippen molar-refractivity contribution in [3.8, 4) is 0 Å². The van der Waals surface area contributed by atoms with Crippen LogP contribution in [0.5, 0.6) is 0 Å². The molecule has 0 aromatic rings. The summed E-state index contributed by atoms with van der Waals surface area (Å²) in [4.78, 5) is 0. The zero-order valence-corrected chi connectivity index (χ0v) is 10.1. The average Bonchev–Trinajstić information content (AvgIpc) is 2.59. The molecule has 2 aliphatic carbocycles. The van der Waals surface area contributed by atoms with Crippen LogP contribution in [-0.2, 0) is 0 Å². The molecule has 0 aromatic heterocycles. The lowest BCUT2D eigenvalue weighted by Gasteiger charge is -2.37. The summed E-state index contributed by atoms with van der Waals surface area (Å²) in [5, 5.41) is 0. The Morgan fingerprint density at radius 1 is 1.13 bits per heavy atom. The van der Waals surface area contributed by atoms with E-state index in [1.807, 2.05) is 0 Å². The predicted molar refractivity (Wildman–Crippen MR) is 66.8 cm³/mol. The lowest BCUT2D eigenvalue weighted by Crippen LogP contribution is -2.25. The minimum atomic E-state index is 0.444. The fourth-order valence-electron chi connectivity index (χ4n) is 3.36. The molecule has 2 rings (SSSR count). The minimum absolute atomic E-state index is 0.444. The predicted octanol–water partition coefficient (Wildman–Crippen LogP) is 4.79. The summed E-state index contributed by atoms with van der Waals surface area (Å²) in [5.41, 5.74) is 3.72. The fourth-order valence-corrected chi connectivity index (χ4v) is 3.36. The summed E-state index contributed by atoms with van der Waals surface area (Å²) < 4.78 is 0. The highest BCUT2D eigenvalue weighted by Crippen LogP contribution is 2.53. The van der Waals surface area contributed by atoms with E-state index in [4.69, 9.17) is 0 Å². The standard InChI is InChI=1S/C15H22/c1-3-8-14-10-9-13(4-2)15(14)11-6-5-7-12-15/h3-4,8,10H,5-7,9,11-12H2,1-2H3/b8-3-,13-4+. The highest BCUT2D eigenvalue weighted by atomic mass is 14.4. The van der Waals surface area contributed by atoms with Gasteiger partial charge in [-0.1, -0.05) is 49.1 Å². The van der Waals surface area contributed by atoms with Gasteiger partial charge in [-0.25, -0.2) is 0 Å². The van der Waals surface area contributed by atoms with Gasteiger partial charge in [-0.15, -0.1) is 0 Å². The van der Waals surface area contributed by atoms with E-state index in [-0.39, 0.29) is 0 Å². The van der Waals surface area contributed by atoms with E-state index in [0.29, 0.717) is 5.41 Å². The Balaban J connectivity index is 2.33. The van der Waals surface area contributed by atoms with E-state index in [9.17, 15) is 0 Å². The normalized spacial score (nSPS) is 27.9. The van der Waals surface area contributed by atoms with Crippen LogP contribution in [0.3, 0.4) is 0 Å². The summed E-state index contributed by atoms with van der Waals surface area (Å²) in [7, 11) is 0. The molecule has 2 aliphatic rings. The van der Waals surface area contributed by atoms with Crippen molar-refractivity contribution in [1.82, 2.24) is 0 Å². The molecule has 1 spiro atoms. The molecule has 0 heteroatoms. The highest BCUT2D eigenvalue weighted by molar-refractivity contribution is 5.44. The maximum atomic E-state index is 2.45. The first-order valence-corrected chi connectivity index (χ1v) is 6.32. The summed E-state index contributed by atoms with van der Waals surface area (Å²) in [6.07, 6.45) is 17.5. The molecule has 0 aliphatic heterocycles. The Labute approximate surface area is 93.8 Å². The highest BCUT2D eigenvalue weighted by Gasteiger charge is 2.40. The van der Waals surface area contributed by atoms with Gasteiger partial charge in [0, 0.05) is 5.41 Å². The third kappa shape index (κ3) is 1.71. The molecule has 0 aromatic carbocycles. The second-order valence-electron chi connectivity index (χ2n) is 4.82. The van der Waals surface area contributed by atoms with Crippen molar-refractivity contribution in [2.75, 3.05) is 0 Å². The van der Waals surface area contributed by atoms with Crippen LogP contribution < -0.4 is 0 Å². The summed E-state index contributed by atoms with van der Waals surface area (Å²) in [6, 6.07) is 0. The van der Waals surface area contributed by atoms with Gasteiger partial charge in [-0.3, -0.25) is 0 Å². The smallest absolute Gasteiger partial charge is 0.0161 e. The summed E-state index contributed by atoms with van der Waals surface area (Å²) >= 11 is 0. The minimum Gasteiger partial charge on any atom is -0.0874 e. The van der Waals surface area contributed by atoms with E-state index in [1.165, 1.54) is 38.5 Å². The van der Waals surface area contributed by atoms with Gasteiger partial charge < -0.3 is 0 Å². The SMILES string of the molecule is C/C=C\C1=CC/C(=C\C)C12CCCCC2. The molecule has 15 heavy (non-hydrogen) atoms. The van der Waals surface area contributed by atoms with Gasteiger partial charge in [0.25, 0.3) is 0 Å². The van der Waals surface area contributed by atoms with Gasteiger partial charge >= 0.3 is 0 Å². The molecule has 0 heterocycles. The summed E-state index contributed by atoms with van der Waals surface area (Å²) in [5.74, 6) is 0. The fraction of sp³-hybridized carbons (Fsp3) is 0.600. The molecule has 1 fully saturated rings. The second kappa shape index (κ2) is 4.38. The molecule has 0 N–H and O–H groups in total. The van der Waals surface area contributed by atoms with Gasteiger partial charge in [0.1, 0.15) is 0 Å². The van der Waals surface area contributed by atoms with Crippen molar-refractivity contribution >= 4 is 0 Å². The van der Waals surface area contributed by atoms with Crippen LogP contribution in [0.4, 0.5) is 0 Å². The van der Waals surface area contributed by atoms with Gasteiger partial charge in [0.15, 0.2) is 0 Å². The third-order valence-electron chi connectivity index (χ3n) is 4.11. The molecule has 0 nitrogen and oxygen atoms in total. The van der Waals surface area contributed by atoms with Crippen LogP contribution in [0.1, 0.15) is 52.4 Å². The molecule has 0 amide bonds. The van der Waals surface area contributed by atoms with Crippen LogP contribution in [0.2, 0.25) is 0 Å². The molecule has 0 unspecified atom stereocenters. The lowest BCUT2D eigenvalue weighted by atomic mass is 9.67. The largest absolute Gasteiger partial charge is 0.0874 e. The van der Waals surface area contributed by atoms with Gasteiger partial charge in [0.2, 0.25) is 0 Å². The first-order valence-electron chi connectivity index (χ1n) is 6.32. The lowest BCUT2D eigenvalue weighted by molar-refractivity contribution is 0.301. The van der Waals surface area contributed by atoms with Crippen LogP contribution in [0.15, 0.2) is 35.5 Å². The number of rotatable bonds is 1. The number of hydrogen-bond acceptors (Lipinski definition) is 0. The zero-order chi connectivity index (χ0) is 10.7. The first-order chi connectivity index (χ1) is 7.33. The van der Waals surface area contributed by atoms with E-state index >= 15 is 0 Å². The average molecular weight is 202 g/mol. The van der Waals surface area contributed by atoms with Crippen molar-refractivity contribution in [3.05, 3.63) is 35.5 Å². The van der Waals surface area contributed by atoms with Gasteiger partial charge in [0.05, 0.1) is 0 Å². The zero-order valence-electron chi connectivity index (χ0n) is 10.1. The molecule has 82 valence electrons. The Kier molecular flexibility index (Phi) is 3.14. The van der Waals surface area contributed by atoms with E-state index in [2.05, 4.69) is 38.2 Å². The van der Waals surface area contributed by atoms with Crippen LogP contribution in [0.25, 0.3) is 0 Å². The molecular weight excluding hydrogens is 180 g/mol. The molecule has 1 saturated carbocycles. The van der Waals surface area contributed by atoms with E-state index in [0.717, 1.165) is 0 Å². The molecular formula is C15H22. The topological polar surface area (TPSA) is 0 Å². The van der Waals surface area contributed by atoms with Gasteiger partial charge in [-0.05, 0) is 38.7 Å². The Morgan fingerprint density at radius 2 is 1.87 bits per heavy atom. The van der Waals surface area contributed by atoms with Crippen LogP contribution in [0, 0.1) is 5.41 Å². The maximum absolute atomic E-state index is 2.45.